The predicted molar refractivity (Wildman–Crippen MR) is 71.9 cm³/mol. The largest absolute Gasteiger partial charge is 0.350 e. The monoisotopic (exact) mass is 240 g/mol. The van der Waals surface area contributed by atoms with Crippen LogP contribution in [0.15, 0.2) is 11.6 Å². The molecule has 0 spiro atoms. The number of ether oxygens (including phenoxy) is 2. The first-order valence-corrected chi connectivity index (χ1v) is 6.91. The van der Waals surface area contributed by atoms with Crippen molar-refractivity contribution in [1.82, 2.24) is 0 Å². The van der Waals surface area contributed by atoms with Crippen LogP contribution in [0.2, 0.25) is 0 Å². The maximum atomic E-state index is 5.82. The quantitative estimate of drug-likeness (QED) is 0.667. The summed E-state index contributed by atoms with van der Waals surface area (Å²) in [5.41, 5.74) is 1.41. The highest BCUT2D eigenvalue weighted by molar-refractivity contribution is 4.92. The van der Waals surface area contributed by atoms with E-state index in [4.69, 9.17) is 9.47 Å². The molecule has 0 aromatic rings. The normalized spacial score (nSPS) is 31.0. The van der Waals surface area contributed by atoms with Crippen LogP contribution >= 0.6 is 0 Å². The van der Waals surface area contributed by atoms with Gasteiger partial charge in [-0.1, -0.05) is 18.6 Å². The molecule has 1 rings (SSSR count). The molecule has 2 heteroatoms. The summed E-state index contributed by atoms with van der Waals surface area (Å²) in [6.45, 7) is 10.9. The molecule has 100 valence electrons. The minimum atomic E-state index is 0.00968. The van der Waals surface area contributed by atoms with E-state index in [1.54, 1.807) is 0 Å². The van der Waals surface area contributed by atoms with E-state index in [0.717, 1.165) is 12.8 Å². The maximum absolute atomic E-state index is 5.82. The van der Waals surface area contributed by atoms with E-state index in [9.17, 15) is 0 Å². The van der Waals surface area contributed by atoms with E-state index in [1.807, 2.05) is 0 Å². The van der Waals surface area contributed by atoms with Crippen molar-refractivity contribution in [1.29, 1.82) is 0 Å². The SMILES string of the molecule is CC(C)=CCCC(C)CC1OC(C)CC(C)O1. The molecule has 0 amide bonds. The van der Waals surface area contributed by atoms with Gasteiger partial charge < -0.3 is 9.47 Å². The van der Waals surface area contributed by atoms with Gasteiger partial charge in [-0.3, -0.25) is 0 Å². The molecule has 3 unspecified atom stereocenters. The van der Waals surface area contributed by atoms with Crippen molar-refractivity contribution in [2.75, 3.05) is 0 Å². The first-order valence-electron chi connectivity index (χ1n) is 6.91. The molecule has 0 bridgehead atoms. The van der Waals surface area contributed by atoms with Gasteiger partial charge in [0.15, 0.2) is 6.29 Å². The van der Waals surface area contributed by atoms with Crippen LogP contribution in [0.1, 0.15) is 60.3 Å². The van der Waals surface area contributed by atoms with Gasteiger partial charge in [0.2, 0.25) is 0 Å². The minimum Gasteiger partial charge on any atom is -0.350 e. The fourth-order valence-corrected chi connectivity index (χ4v) is 2.34. The average Bonchev–Trinajstić information content (AvgIpc) is 2.14. The smallest absolute Gasteiger partial charge is 0.158 e. The van der Waals surface area contributed by atoms with Gasteiger partial charge in [0.05, 0.1) is 12.2 Å². The Bertz CT molecular complexity index is 233. The fraction of sp³-hybridized carbons (Fsp3) is 0.867. The molecule has 1 aliphatic rings. The third-order valence-corrected chi connectivity index (χ3v) is 3.24. The summed E-state index contributed by atoms with van der Waals surface area (Å²) in [5, 5.41) is 0. The second-order valence-corrected chi connectivity index (χ2v) is 5.76. The maximum Gasteiger partial charge on any atom is 0.158 e. The zero-order valence-corrected chi connectivity index (χ0v) is 12.0. The molecule has 1 aliphatic heterocycles. The lowest BCUT2D eigenvalue weighted by atomic mass is 10.00. The van der Waals surface area contributed by atoms with Crippen LogP contribution in [0.4, 0.5) is 0 Å². The van der Waals surface area contributed by atoms with Crippen LogP contribution in [-0.2, 0) is 9.47 Å². The summed E-state index contributed by atoms with van der Waals surface area (Å²) in [7, 11) is 0. The second-order valence-electron chi connectivity index (χ2n) is 5.76. The van der Waals surface area contributed by atoms with Crippen LogP contribution in [0.3, 0.4) is 0 Å². The van der Waals surface area contributed by atoms with Gasteiger partial charge >= 0.3 is 0 Å². The summed E-state index contributed by atoms with van der Waals surface area (Å²) in [5.74, 6) is 0.660. The highest BCUT2D eigenvalue weighted by Crippen LogP contribution is 2.24. The van der Waals surface area contributed by atoms with Gasteiger partial charge in [-0.05, 0) is 52.9 Å². The number of allylic oxidation sites excluding steroid dienone is 2. The Hall–Kier alpha value is -0.340. The van der Waals surface area contributed by atoms with Gasteiger partial charge in [0, 0.05) is 6.42 Å². The van der Waals surface area contributed by atoms with E-state index in [1.165, 1.54) is 18.4 Å². The van der Waals surface area contributed by atoms with Crippen LogP contribution in [0, 0.1) is 5.92 Å². The molecule has 0 aromatic carbocycles. The summed E-state index contributed by atoms with van der Waals surface area (Å²) >= 11 is 0. The van der Waals surface area contributed by atoms with E-state index in [0.29, 0.717) is 18.1 Å². The van der Waals surface area contributed by atoms with Crippen molar-refractivity contribution >= 4 is 0 Å². The Morgan fingerprint density at radius 1 is 1.24 bits per heavy atom. The molecule has 3 atom stereocenters. The highest BCUT2D eigenvalue weighted by atomic mass is 16.7. The molecule has 1 saturated heterocycles. The zero-order valence-electron chi connectivity index (χ0n) is 12.0. The minimum absolute atomic E-state index is 0.00968. The van der Waals surface area contributed by atoms with Crippen LogP contribution < -0.4 is 0 Å². The Balaban J connectivity index is 2.25. The number of hydrogen-bond donors (Lipinski definition) is 0. The molecular weight excluding hydrogens is 212 g/mol. The fourth-order valence-electron chi connectivity index (χ4n) is 2.34. The Labute approximate surface area is 106 Å². The van der Waals surface area contributed by atoms with Crippen LogP contribution in [0.5, 0.6) is 0 Å². The van der Waals surface area contributed by atoms with Crippen LogP contribution in [-0.4, -0.2) is 18.5 Å². The Morgan fingerprint density at radius 3 is 2.35 bits per heavy atom. The van der Waals surface area contributed by atoms with Crippen molar-refractivity contribution in [3.05, 3.63) is 11.6 Å². The summed E-state index contributed by atoms with van der Waals surface area (Å²) in [4.78, 5) is 0. The molecule has 1 heterocycles. The van der Waals surface area contributed by atoms with Crippen molar-refractivity contribution in [3.8, 4) is 0 Å². The van der Waals surface area contributed by atoms with Crippen molar-refractivity contribution in [3.63, 3.8) is 0 Å². The molecule has 0 N–H and O–H groups in total. The van der Waals surface area contributed by atoms with Gasteiger partial charge in [0.1, 0.15) is 0 Å². The molecule has 0 aromatic heterocycles. The zero-order chi connectivity index (χ0) is 12.8. The van der Waals surface area contributed by atoms with Gasteiger partial charge in [0.25, 0.3) is 0 Å². The van der Waals surface area contributed by atoms with E-state index < -0.39 is 0 Å². The highest BCUT2D eigenvalue weighted by Gasteiger charge is 2.25. The molecule has 0 aliphatic carbocycles. The average molecular weight is 240 g/mol. The lowest BCUT2D eigenvalue weighted by molar-refractivity contribution is -0.240. The predicted octanol–water partition coefficient (Wildman–Crippen LogP) is 4.30. The third-order valence-electron chi connectivity index (χ3n) is 3.24. The molecular formula is C15H28O2. The molecule has 0 radical (unpaired) electrons. The topological polar surface area (TPSA) is 18.5 Å². The van der Waals surface area contributed by atoms with Gasteiger partial charge in [-0.25, -0.2) is 0 Å². The second kappa shape index (κ2) is 7.17. The molecule has 1 fully saturated rings. The number of hydrogen-bond acceptors (Lipinski definition) is 2. The molecule has 0 saturated carbocycles. The standard InChI is InChI=1S/C15H28O2/c1-11(2)7-6-8-12(3)9-15-16-13(4)10-14(5)17-15/h7,12-15H,6,8-10H2,1-5H3. The molecule has 17 heavy (non-hydrogen) atoms. The third kappa shape index (κ3) is 6.23. The van der Waals surface area contributed by atoms with Crippen molar-refractivity contribution in [2.45, 2.75) is 78.8 Å². The summed E-state index contributed by atoms with van der Waals surface area (Å²) in [6.07, 6.45) is 7.43. The molecule has 2 nitrogen and oxygen atoms in total. The Morgan fingerprint density at radius 2 is 1.82 bits per heavy atom. The van der Waals surface area contributed by atoms with Gasteiger partial charge in [-0.2, -0.15) is 0 Å². The van der Waals surface area contributed by atoms with Crippen LogP contribution in [0.25, 0.3) is 0 Å². The summed E-state index contributed by atoms with van der Waals surface area (Å²) < 4.78 is 11.6. The Kier molecular flexibility index (Phi) is 6.21. The lowest BCUT2D eigenvalue weighted by Gasteiger charge is -2.33. The van der Waals surface area contributed by atoms with E-state index in [2.05, 4.69) is 40.7 Å². The van der Waals surface area contributed by atoms with Crippen molar-refractivity contribution in [2.24, 2.45) is 5.92 Å². The lowest BCUT2D eigenvalue weighted by Crippen LogP contribution is -2.36. The van der Waals surface area contributed by atoms with Crippen molar-refractivity contribution < 1.29 is 9.47 Å². The van der Waals surface area contributed by atoms with Gasteiger partial charge in [-0.15, -0.1) is 0 Å². The first kappa shape index (κ1) is 14.7. The van der Waals surface area contributed by atoms with E-state index >= 15 is 0 Å². The van der Waals surface area contributed by atoms with E-state index in [-0.39, 0.29) is 6.29 Å². The first-order chi connectivity index (χ1) is 7.97. The number of rotatable bonds is 5. The summed E-state index contributed by atoms with van der Waals surface area (Å²) in [6, 6.07) is 0.